The molecule has 1 heterocycles. The number of aliphatic carboxylic acids is 1. The van der Waals surface area contributed by atoms with Gasteiger partial charge < -0.3 is 20.3 Å². The number of ether oxygens (including phenoxy) is 1. The number of carbonyl (C=O) groups is 2. The van der Waals surface area contributed by atoms with E-state index in [2.05, 4.69) is 5.32 Å². The highest BCUT2D eigenvalue weighted by Crippen LogP contribution is 2.19. The molecule has 6 nitrogen and oxygen atoms in total. The first-order chi connectivity index (χ1) is 7.00. The maximum atomic E-state index is 11.4. The molecule has 6 heteroatoms. The Kier molecular flexibility index (Phi) is 4.05. The second-order valence-electron chi connectivity index (χ2n) is 3.62. The normalized spacial score (nSPS) is 27.3. The van der Waals surface area contributed by atoms with Crippen LogP contribution in [0.5, 0.6) is 0 Å². The summed E-state index contributed by atoms with van der Waals surface area (Å²) in [6.07, 6.45) is -1.45. The second kappa shape index (κ2) is 5.09. The number of carboxylic acids is 1. The summed E-state index contributed by atoms with van der Waals surface area (Å²) in [4.78, 5) is 21.9. The predicted octanol–water partition coefficient (Wildman–Crippen LogP) is -0.884. The van der Waals surface area contributed by atoms with Gasteiger partial charge in [-0.05, 0) is 19.8 Å². The molecular weight excluding hydrogens is 202 g/mol. The summed E-state index contributed by atoms with van der Waals surface area (Å²) < 4.78 is 5.02. The molecule has 86 valence electrons. The van der Waals surface area contributed by atoms with Gasteiger partial charge in [0.15, 0.2) is 6.10 Å². The van der Waals surface area contributed by atoms with Crippen LogP contribution < -0.4 is 5.32 Å². The zero-order chi connectivity index (χ0) is 11.4. The molecule has 1 saturated heterocycles. The van der Waals surface area contributed by atoms with Crippen molar-refractivity contribution in [2.45, 2.75) is 38.1 Å². The number of aliphatic hydroxyl groups excluding tert-OH is 1. The van der Waals surface area contributed by atoms with Crippen molar-refractivity contribution in [3.05, 3.63) is 0 Å². The number of amides is 1. The molecule has 1 amide bonds. The number of carboxylic acid groups (broad SMARTS) is 1. The fourth-order valence-electron chi connectivity index (χ4n) is 1.37. The fraction of sp³-hybridized carbons (Fsp3) is 0.778. The topological polar surface area (TPSA) is 95.9 Å². The number of carbonyl (C=O) groups excluding carboxylic acids is 1. The van der Waals surface area contributed by atoms with Crippen LogP contribution in [0.3, 0.4) is 0 Å². The Labute approximate surface area is 87.2 Å². The highest BCUT2D eigenvalue weighted by molar-refractivity contribution is 5.82. The number of hydrogen-bond donors (Lipinski definition) is 3. The summed E-state index contributed by atoms with van der Waals surface area (Å²) in [6.45, 7) is 1.70. The van der Waals surface area contributed by atoms with Crippen LogP contribution in [-0.4, -0.2) is 46.9 Å². The molecule has 0 unspecified atom stereocenters. The van der Waals surface area contributed by atoms with Gasteiger partial charge in [-0.25, -0.2) is 4.79 Å². The Morgan fingerprint density at radius 1 is 1.47 bits per heavy atom. The van der Waals surface area contributed by atoms with Gasteiger partial charge in [0.25, 0.3) is 0 Å². The van der Waals surface area contributed by atoms with E-state index in [4.69, 9.17) is 14.9 Å². The van der Waals surface area contributed by atoms with Crippen LogP contribution in [0, 0.1) is 0 Å². The molecule has 0 aromatic rings. The van der Waals surface area contributed by atoms with E-state index in [1.807, 2.05) is 0 Å². The first kappa shape index (κ1) is 11.9. The second-order valence-corrected chi connectivity index (χ2v) is 3.62. The molecule has 3 N–H and O–H groups in total. The summed E-state index contributed by atoms with van der Waals surface area (Å²) in [6, 6.07) is 0. The van der Waals surface area contributed by atoms with Crippen molar-refractivity contribution in [3.8, 4) is 0 Å². The van der Waals surface area contributed by atoms with Gasteiger partial charge >= 0.3 is 5.97 Å². The molecule has 1 aliphatic rings. The lowest BCUT2D eigenvalue weighted by Crippen LogP contribution is -2.38. The smallest absolute Gasteiger partial charge is 0.332 e. The predicted molar refractivity (Wildman–Crippen MR) is 50.2 cm³/mol. The van der Waals surface area contributed by atoms with E-state index in [1.54, 1.807) is 6.92 Å². The summed E-state index contributed by atoms with van der Waals surface area (Å²) in [7, 11) is 0. The lowest BCUT2D eigenvalue weighted by molar-refractivity contribution is -0.151. The van der Waals surface area contributed by atoms with E-state index in [0.717, 1.165) is 0 Å². The van der Waals surface area contributed by atoms with Crippen LogP contribution in [0.1, 0.15) is 19.8 Å². The van der Waals surface area contributed by atoms with Gasteiger partial charge in [-0.3, -0.25) is 4.79 Å². The molecule has 0 radical (unpaired) electrons. The van der Waals surface area contributed by atoms with Gasteiger partial charge in [-0.2, -0.15) is 0 Å². The minimum atomic E-state index is -1.04. The van der Waals surface area contributed by atoms with Crippen molar-refractivity contribution in [1.82, 2.24) is 5.32 Å². The standard InChI is InChI=1S/C9H15NO5/c1-5(11)4-10-8(12)6-2-3-7(15-6)9(13)14/h5-7,11H,2-4H2,1H3,(H,10,12)(H,13,14)/t5-,6+,7-/m1/s1. The van der Waals surface area contributed by atoms with Crippen molar-refractivity contribution < 1.29 is 24.5 Å². The van der Waals surface area contributed by atoms with Crippen LogP contribution in [-0.2, 0) is 14.3 Å². The van der Waals surface area contributed by atoms with Gasteiger partial charge in [-0.15, -0.1) is 0 Å². The Hall–Kier alpha value is -1.14. The van der Waals surface area contributed by atoms with Gasteiger partial charge in [0, 0.05) is 6.54 Å². The van der Waals surface area contributed by atoms with Crippen molar-refractivity contribution in [1.29, 1.82) is 0 Å². The maximum Gasteiger partial charge on any atom is 0.332 e. The Morgan fingerprint density at radius 3 is 2.53 bits per heavy atom. The zero-order valence-corrected chi connectivity index (χ0v) is 8.47. The monoisotopic (exact) mass is 217 g/mol. The zero-order valence-electron chi connectivity index (χ0n) is 8.47. The van der Waals surface area contributed by atoms with E-state index >= 15 is 0 Å². The number of hydrogen-bond acceptors (Lipinski definition) is 4. The van der Waals surface area contributed by atoms with Gasteiger partial charge in [0.05, 0.1) is 6.10 Å². The third-order valence-corrected chi connectivity index (χ3v) is 2.16. The molecule has 0 aromatic heterocycles. The van der Waals surface area contributed by atoms with Crippen molar-refractivity contribution in [2.24, 2.45) is 0 Å². The third kappa shape index (κ3) is 3.49. The lowest BCUT2D eigenvalue weighted by atomic mass is 10.2. The largest absolute Gasteiger partial charge is 0.479 e. The lowest BCUT2D eigenvalue weighted by Gasteiger charge is -2.12. The van der Waals surface area contributed by atoms with Crippen LogP contribution >= 0.6 is 0 Å². The number of rotatable bonds is 4. The summed E-state index contributed by atoms with van der Waals surface area (Å²) in [5, 5.41) is 20.0. The van der Waals surface area contributed by atoms with E-state index in [0.29, 0.717) is 12.8 Å². The summed E-state index contributed by atoms with van der Waals surface area (Å²) in [5.41, 5.74) is 0. The minimum Gasteiger partial charge on any atom is -0.479 e. The highest BCUT2D eigenvalue weighted by Gasteiger charge is 2.34. The van der Waals surface area contributed by atoms with E-state index in [-0.39, 0.29) is 12.5 Å². The van der Waals surface area contributed by atoms with E-state index in [1.165, 1.54) is 0 Å². The van der Waals surface area contributed by atoms with Gasteiger partial charge in [-0.1, -0.05) is 0 Å². The van der Waals surface area contributed by atoms with Crippen molar-refractivity contribution in [2.75, 3.05) is 6.54 Å². The molecular formula is C9H15NO5. The molecule has 0 aromatic carbocycles. The first-order valence-corrected chi connectivity index (χ1v) is 4.84. The van der Waals surface area contributed by atoms with Gasteiger partial charge in [0.2, 0.25) is 5.91 Å². The van der Waals surface area contributed by atoms with Crippen LogP contribution in [0.15, 0.2) is 0 Å². The Morgan fingerprint density at radius 2 is 2.07 bits per heavy atom. The highest BCUT2D eigenvalue weighted by atomic mass is 16.5. The first-order valence-electron chi connectivity index (χ1n) is 4.84. The van der Waals surface area contributed by atoms with Crippen molar-refractivity contribution >= 4 is 11.9 Å². The SMILES string of the molecule is C[C@@H](O)CNC(=O)[C@@H]1CC[C@H](C(=O)O)O1. The number of aliphatic hydroxyl groups is 1. The Bertz CT molecular complexity index is 253. The van der Waals surface area contributed by atoms with E-state index in [9.17, 15) is 9.59 Å². The average molecular weight is 217 g/mol. The van der Waals surface area contributed by atoms with Crippen LogP contribution in [0.4, 0.5) is 0 Å². The molecule has 0 bridgehead atoms. The number of nitrogens with one attached hydrogen (secondary N) is 1. The molecule has 15 heavy (non-hydrogen) atoms. The quantitative estimate of drug-likeness (QED) is 0.568. The van der Waals surface area contributed by atoms with Crippen LogP contribution in [0.25, 0.3) is 0 Å². The fourth-order valence-corrected chi connectivity index (χ4v) is 1.37. The van der Waals surface area contributed by atoms with Crippen molar-refractivity contribution in [3.63, 3.8) is 0 Å². The van der Waals surface area contributed by atoms with Crippen LogP contribution in [0.2, 0.25) is 0 Å². The summed E-state index contributed by atoms with van der Waals surface area (Å²) in [5.74, 6) is -1.40. The maximum absolute atomic E-state index is 11.4. The van der Waals surface area contributed by atoms with E-state index < -0.39 is 24.3 Å². The van der Waals surface area contributed by atoms with Gasteiger partial charge in [0.1, 0.15) is 6.10 Å². The molecule has 3 atom stereocenters. The Balaban J connectivity index is 2.33. The molecule has 1 aliphatic heterocycles. The molecule has 0 spiro atoms. The third-order valence-electron chi connectivity index (χ3n) is 2.16. The molecule has 1 rings (SSSR count). The average Bonchev–Trinajstić information content (AvgIpc) is 2.62. The molecule has 0 aliphatic carbocycles. The molecule has 1 fully saturated rings. The minimum absolute atomic E-state index is 0.149. The molecule has 0 saturated carbocycles. The summed E-state index contributed by atoms with van der Waals surface area (Å²) >= 11 is 0.